The standard InChI is InChI=1S/C21H18F2N2O4S/c22-14-2-1-3-15(23)21(14)16-10-24-18(29-16)4-5-20(27)28-12-19(26)25-8-6-17-13(11-25)7-9-30-17/h1-3,7,9-10H,4-6,8,11-12H2. The Hall–Kier alpha value is -3.07. The van der Waals surface area contributed by atoms with Crippen molar-refractivity contribution in [3.8, 4) is 11.3 Å². The van der Waals surface area contributed by atoms with Gasteiger partial charge in [0.2, 0.25) is 0 Å². The number of hydrogen-bond acceptors (Lipinski definition) is 6. The van der Waals surface area contributed by atoms with Crippen molar-refractivity contribution in [1.82, 2.24) is 9.88 Å². The molecule has 1 aliphatic rings. The topological polar surface area (TPSA) is 72.6 Å². The number of carbonyl (C=O) groups excluding carboxylic acids is 2. The van der Waals surface area contributed by atoms with Gasteiger partial charge in [-0.1, -0.05) is 6.07 Å². The Bertz CT molecular complexity index is 1060. The minimum absolute atomic E-state index is 0.0537. The zero-order valence-electron chi connectivity index (χ0n) is 15.9. The second kappa shape index (κ2) is 8.74. The van der Waals surface area contributed by atoms with Crippen LogP contribution in [0.2, 0.25) is 0 Å². The molecule has 9 heteroatoms. The number of oxazole rings is 1. The fraction of sp³-hybridized carbons (Fsp3) is 0.286. The molecule has 0 saturated carbocycles. The van der Waals surface area contributed by atoms with E-state index in [4.69, 9.17) is 9.15 Å². The van der Waals surface area contributed by atoms with Gasteiger partial charge < -0.3 is 14.1 Å². The van der Waals surface area contributed by atoms with Gasteiger partial charge in [-0.2, -0.15) is 0 Å². The van der Waals surface area contributed by atoms with Gasteiger partial charge in [-0.15, -0.1) is 11.3 Å². The number of aryl methyl sites for hydroxylation is 1. The van der Waals surface area contributed by atoms with Crippen molar-refractivity contribution in [2.75, 3.05) is 13.2 Å². The van der Waals surface area contributed by atoms with Crippen LogP contribution in [-0.2, 0) is 33.7 Å². The number of aromatic nitrogens is 1. The van der Waals surface area contributed by atoms with Gasteiger partial charge in [0.1, 0.15) is 11.6 Å². The minimum atomic E-state index is -0.761. The molecule has 0 unspecified atom stereocenters. The van der Waals surface area contributed by atoms with E-state index in [2.05, 4.69) is 4.98 Å². The molecule has 0 N–H and O–H groups in total. The fourth-order valence-electron chi connectivity index (χ4n) is 3.25. The highest BCUT2D eigenvalue weighted by atomic mass is 32.1. The van der Waals surface area contributed by atoms with Crippen LogP contribution in [0, 0.1) is 11.6 Å². The van der Waals surface area contributed by atoms with Crippen LogP contribution >= 0.6 is 11.3 Å². The van der Waals surface area contributed by atoms with E-state index in [-0.39, 0.29) is 42.6 Å². The molecule has 0 saturated heterocycles. The van der Waals surface area contributed by atoms with Crippen molar-refractivity contribution in [3.63, 3.8) is 0 Å². The monoisotopic (exact) mass is 432 g/mol. The zero-order valence-corrected chi connectivity index (χ0v) is 16.7. The van der Waals surface area contributed by atoms with E-state index in [1.807, 2.05) is 11.4 Å². The van der Waals surface area contributed by atoms with E-state index < -0.39 is 17.6 Å². The van der Waals surface area contributed by atoms with Crippen LogP contribution in [0.1, 0.15) is 22.8 Å². The number of halogens is 2. The van der Waals surface area contributed by atoms with Gasteiger partial charge in [-0.05, 0) is 35.6 Å². The molecule has 30 heavy (non-hydrogen) atoms. The normalized spacial score (nSPS) is 13.2. The average molecular weight is 432 g/mol. The van der Waals surface area contributed by atoms with E-state index in [9.17, 15) is 18.4 Å². The van der Waals surface area contributed by atoms with E-state index in [0.29, 0.717) is 13.1 Å². The highest BCUT2D eigenvalue weighted by Gasteiger charge is 2.22. The number of hydrogen-bond donors (Lipinski definition) is 0. The predicted molar refractivity (Wildman–Crippen MR) is 105 cm³/mol. The van der Waals surface area contributed by atoms with Crippen LogP contribution in [0.15, 0.2) is 40.3 Å². The van der Waals surface area contributed by atoms with Crippen molar-refractivity contribution >= 4 is 23.2 Å². The largest absolute Gasteiger partial charge is 0.456 e. The molecule has 0 aliphatic carbocycles. The number of nitrogens with zero attached hydrogens (tertiary/aromatic N) is 2. The number of fused-ring (bicyclic) bond motifs is 1. The Morgan fingerprint density at radius 1 is 1.23 bits per heavy atom. The molecule has 0 spiro atoms. The molecule has 0 fully saturated rings. The summed E-state index contributed by atoms with van der Waals surface area (Å²) in [7, 11) is 0. The Balaban J connectivity index is 1.26. The summed E-state index contributed by atoms with van der Waals surface area (Å²) >= 11 is 1.68. The summed E-state index contributed by atoms with van der Waals surface area (Å²) in [6.45, 7) is 0.812. The first kappa shape index (κ1) is 20.2. The Morgan fingerprint density at radius 2 is 2.03 bits per heavy atom. The van der Waals surface area contributed by atoms with Crippen LogP contribution in [-0.4, -0.2) is 34.9 Å². The number of carbonyl (C=O) groups is 2. The zero-order chi connectivity index (χ0) is 21.1. The van der Waals surface area contributed by atoms with Gasteiger partial charge in [-0.25, -0.2) is 13.8 Å². The summed E-state index contributed by atoms with van der Waals surface area (Å²) in [5, 5.41) is 2.01. The lowest BCUT2D eigenvalue weighted by molar-refractivity contribution is -0.152. The number of rotatable bonds is 6. The summed E-state index contributed by atoms with van der Waals surface area (Å²) in [6.07, 6.45) is 2.04. The van der Waals surface area contributed by atoms with E-state index in [1.165, 1.54) is 17.1 Å². The van der Waals surface area contributed by atoms with E-state index in [0.717, 1.165) is 24.1 Å². The van der Waals surface area contributed by atoms with Crippen molar-refractivity contribution in [2.24, 2.45) is 0 Å². The predicted octanol–water partition coefficient (Wildman–Crippen LogP) is 3.74. The molecule has 1 amide bonds. The Kier molecular flexibility index (Phi) is 5.89. The molecule has 4 rings (SSSR count). The summed E-state index contributed by atoms with van der Waals surface area (Å²) < 4.78 is 38.0. The third-order valence-electron chi connectivity index (χ3n) is 4.82. The van der Waals surface area contributed by atoms with Crippen molar-refractivity contribution in [2.45, 2.75) is 25.8 Å². The molecular formula is C21H18F2N2O4S. The van der Waals surface area contributed by atoms with E-state index in [1.54, 1.807) is 16.2 Å². The highest BCUT2D eigenvalue weighted by molar-refractivity contribution is 7.10. The Morgan fingerprint density at radius 3 is 2.83 bits per heavy atom. The molecule has 1 aliphatic heterocycles. The number of ether oxygens (including phenoxy) is 1. The molecule has 0 atom stereocenters. The van der Waals surface area contributed by atoms with Gasteiger partial charge in [0.25, 0.3) is 5.91 Å². The van der Waals surface area contributed by atoms with Gasteiger partial charge in [0.05, 0.1) is 18.2 Å². The number of esters is 1. The maximum Gasteiger partial charge on any atom is 0.306 e. The first-order valence-electron chi connectivity index (χ1n) is 9.39. The molecule has 1 aromatic carbocycles. The van der Waals surface area contributed by atoms with Crippen LogP contribution in [0.5, 0.6) is 0 Å². The molecule has 2 aromatic heterocycles. The lowest BCUT2D eigenvalue weighted by atomic mass is 10.1. The maximum atomic E-state index is 13.8. The smallest absolute Gasteiger partial charge is 0.306 e. The molecule has 0 bridgehead atoms. The van der Waals surface area contributed by atoms with Gasteiger partial charge in [0, 0.05) is 24.4 Å². The molecular weight excluding hydrogens is 414 g/mol. The van der Waals surface area contributed by atoms with Crippen LogP contribution in [0.3, 0.4) is 0 Å². The number of amides is 1. The SMILES string of the molecule is O=C(CCc1ncc(-c2c(F)cccc2F)o1)OCC(=O)N1CCc2sccc2C1. The quantitative estimate of drug-likeness (QED) is 0.555. The van der Waals surface area contributed by atoms with Crippen LogP contribution in [0.4, 0.5) is 8.78 Å². The molecule has 6 nitrogen and oxygen atoms in total. The lowest BCUT2D eigenvalue weighted by Crippen LogP contribution is -2.38. The molecule has 156 valence electrons. The maximum absolute atomic E-state index is 13.8. The van der Waals surface area contributed by atoms with Crippen molar-refractivity contribution < 1.29 is 27.5 Å². The third-order valence-corrected chi connectivity index (χ3v) is 5.85. The van der Waals surface area contributed by atoms with Crippen LogP contribution in [0.25, 0.3) is 11.3 Å². The average Bonchev–Trinajstić information content (AvgIpc) is 3.39. The second-order valence-electron chi connectivity index (χ2n) is 6.81. The minimum Gasteiger partial charge on any atom is -0.456 e. The first-order valence-corrected chi connectivity index (χ1v) is 10.3. The summed E-state index contributed by atoms with van der Waals surface area (Å²) in [5.41, 5.74) is 0.830. The molecule has 0 radical (unpaired) electrons. The third kappa shape index (κ3) is 4.40. The number of thiophene rings is 1. The van der Waals surface area contributed by atoms with Crippen LogP contribution < -0.4 is 0 Å². The summed E-state index contributed by atoms with van der Waals surface area (Å²) in [4.78, 5) is 31.2. The van der Waals surface area contributed by atoms with Crippen molar-refractivity contribution in [1.29, 1.82) is 0 Å². The Labute approximate surface area is 175 Å². The number of benzene rings is 1. The fourth-order valence-corrected chi connectivity index (χ4v) is 4.14. The second-order valence-corrected chi connectivity index (χ2v) is 7.81. The summed E-state index contributed by atoms with van der Waals surface area (Å²) in [5.74, 6) is -2.24. The van der Waals surface area contributed by atoms with Gasteiger partial charge >= 0.3 is 5.97 Å². The summed E-state index contributed by atoms with van der Waals surface area (Å²) in [6, 6.07) is 5.50. The van der Waals surface area contributed by atoms with Gasteiger partial charge in [-0.3, -0.25) is 9.59 Å². The van der Waals surface area contributed by atoms with Crippen molar-refractivity contribution in [3.05, 3.63) is 63.8 Å². The molecule has 3 aromatic rings. The first-order chi connectivity index (χ1) is 14.5. The lowest BCUT2D eigenvalue weighted by Gasteiger charge is -2.26. The van der Waals surface area contributed by atoms with E-state index >= 15 is 0 Å². The van der Waals surface area contributed by atoms with Gasteiger partial charge in [0.15, 0.2) is 18.3 Å². The molecule has 3 heterocycles. The highest BCUT2D eigenvalue weighted by Crippen LogP contribution is 2.27.